The Balaban J connectivity index is 0.000000226. The van der Waals surface area contributed by atoms with Gasteiger partial charge in [-0.15, -0.1) is 24.5 Å². The third-order valence-electron chi connectivity index (χ3n) is 8.29. The van der Waals surface area contributed by atoms with Crippen LogP contribution in [0.15, 0.2) is 148 Å². The Labute approximate surface area is 336 Å². The molecule has 0 aliphatic heterocycles. The minimum Gasteiger partial charge on any atom is -0.478 e. The Morgan fingerprint density at radius 2 is 1.03 bits per heavy atom. The van der Waals surface area contributed by atoms with Crippen molar-refractivity contribution in [2.45, 2.75) is 41.2 Å². The summed E-state index contributed by atoms with van der Waals surface area (Å²) in [5.74, 6) is -2.78. The van der Waals surface area contributed by atoms with Crippen molar-refractivity contribution >= 4 is 54.7 Å². The van der Waals surface area contributed by atoms with Gasteiger partial charge in [0.15, 0.2) is 0 Å². The average Bonchev–Trinajstić information content (AvgIpc) is 3.73. The fraction of sp³-hybridized carbons (Fsp3) is 0.122. The summed E-state index contributed by atoms with van der Waals surface area (Å²) in [7, 11) is -7.90. The molecule has 1 heterocycles. The van der Waals surface area contributed by atoms with E-state index in [1.54, 1.807) is 78.2 Å². The highest BCUT2D eigenvalue weighted by molar-refractivity contribution is 7.94. The maximum absolute atomic E-state index is 12.7. The number of benzene rings is 5. The number of alkyl halides is 3. The van der Waals surface area contributed by atoms with Crippen molar-refractivity contribution in [3.8, 4) is 5.75 Å². The quantitative estimate of drug-likeness (QED) is 0.0786. The highest BCUT2D eigenvalue weighted by Gasteiger charge is 2.34. The van der Waals surface area contributed by atoms with E-state index in [1.807, 2.05) is 18.2 Å². The van der Waals surface area contributed by atoms with Gasteiger partial charge in [0.1, 0.15) is 14.9 Å². The van der Waals surface area contributed by atoms with Crippen molar-refractivity contribution in [2.75, 3.05) is 9.44 Å². The van der Waals surface area contributed by atoms with Crippen LogP contribution in [0.1, 0.15) is 43.0 Å². The number of carboxylic acid groups (broad SMARTS) is 2. The third kappa shape index (κ3) is 12.7. The molecular weight excluding hydrogens is 818 g/mol. The monoisotopic (exact) mass is 852 g/mol. The van der Waals surface area contributed by atoms with Crippen molar-refractivity contribution in [3.63, 3.8) is 0 Å². The van der Waals surface area contributed by atoms with Crippen LogP contribution in [-0.4, -0.2) is 45.3 Å². The molecule has 0 aliphatic rings. The van der Waals surface area contributed by atoms with E-state index in [0.29, 0.717) is 18.5 Å². The van der Waals surface area contributed by atoms with Crippen molar-refractivity contribution in [1.82, 2.24) is 0 Å². The number of rotatable bonds is 15. The SMILES string of the molecule is O=C(O)c1ccc(CCc2cccc(NS(=O)(=O)c3ccccc3OC(F)(F)F)c2)cc1.O=C(O)c1ccc(CCc2cccc(NS(=O)(=O)c3cccs3)c2)cc1. The maximum Gasteiger partial charge on any atom is 0.573 e. The molecule has 0 saturated carbocycles. The van der Waals surface area contributed by atoms with Crippen molar-refractivity contribution in [2.24, 2.45) is 0 Å². The molecule has 0 bridgehead atoms. The van der Waals surface area contributed by atoms with Gasteiger partial charge in [0.05, 0.1) is 11.1 Å². The first-order chi connectivity index (χ1) is 27.5. The molecule has 4 N–H and O–H groups in total. The van der Waals surface area contributed by atoms with Crippen molar-refractivity contribution < 1.29 is 54.5 Å². The highest BCUT2D eigenvalue weighted by atomic mass is 32.2. The molecule has 302 valence electrons. The molecule has 0 radical (unpaired) electrons. The van der Waals surface area contributed by atoms with E-state index in [-0.39, 0.29) is 21.0 Å². The van der Waals surface area contributed by atoms with E-state index in [1.165, 1.54) is 41.7 Å². The van der Waals surface area contributed by atoms with E-state index in [4.69, 9.17) is 10.2 Å². The standard InChI is InChI=1S/C22H18F3NO5S.C19H17NO4S2/c23-22(24,25)31-19-6-1-2-7-20(19)32(29,30)26-18-5-3-4-16(14-18)9-8-15-10-12-17(13-11-15)21(27)28;21-19(22)16-10-8-14(9-11-16)6-7-15-3-1-4-17(13-15)20-26(23,24)18-5-2-12-25-18/h1-7,10-14,26H,8-9H2,(H,27,28);1-5,8-13,20H,6-7H2,(H,21,22). The Morgan fingerprint density at radius 1 is 0.569 bits per heavy atom. The van der Waals surface area contributed by atoms with Gasteiger partial charge in [-0.25, -0.2) is 26.4 Å². The molecule has 0 unspecified atom stereocenters. The third-order valence-corrected chi connectivity index (χ3v) is 12.5. The lowest BCUT2D eigenvalue weighted by atomic mass is 10.0. The minimum atomic E-state index is -5.03. The van der Waals surface area contributed by atoms with E-state index in [9.17, 15) is 39.6 Å². The van der Waals surface area contributed by atoms with Crippen LogP contribution in [-0.2, 0) is 45.7 Å². The molecule has 58 heavy (non-hydrogen) atoms. The molecule has 1 aromatic heterocycles. The fourth-order valence-electron chi connectivity index (χ4n) is 5.50. The van der Waals surface area contributed by atoms with Gasteiger partial charge in [0.25, 0.3) is 20.0 Å². The van der Waals surface area contributed by atoms with Crippen LogP contribution in [0.2, 0.25) is 0 Å². The molecule has 0 spiro atoms. The smallest absolute Gasteiger partial charge is 0.478 e. The highest BCUT2D eigenvalue weighted by Crippen LogP contribution is 2.31. The number of anilines is 2. The number of carbonyl (C=O) groups is 2. The number of halogens is 3. The number of para-hydroxylation sites is 1. The van der Waals surface area contributed by atoms with E-state index < -0.39 is 49.0 Å². The number of carboxylic acids is 2. The van der Waals surface area contributed by atoms with Gasteiger partial charge in [0.2, 0.25) is 0 Å². The number of sulfonamides is 2. The second kappa shape index (κ2) is 18.8. The summed E-state index contributed by atoms with van der Waals surface area (Å²) in [6.07, 6.45) is -2.45. The lowest BCUT2D eigenvalue weighted by Gasteiger charge is -2.15. The van der Waals surface area contributed by atoms with Gasteiger partial charge in [-0.2, -0.15) is 0 Å². The molecule has 0 atom stereocenters. The zero-order chi connectivity index (χ0) is 41.9. The summed E-state index contributed by atoms with van der Waals surface area (Å²) in [4.78, 5) is 21.2. The van der Waals surface area contributed by atoms with E-state index in [0.717, 1.165) is 47.2 Å². The van der Waals surface area contributed by atoms with E-state index >= 15 is 0 Å². The summed E-state index contributed by atoms with van der Waals surface area (Å²) in [5.41, 5.74) is 4.87. The summed E-state index contributed by atoms with van der Waals surface area (Å²) in [6.45, 7) is 0. The normalized spacial score (nSPS) is 11.5. The molecule has 0 saturated heterocycles. The first kappa shape index (κ1) is 43.0. The minimum absolute atomic E-state index is 0.180. The number of aromatic carboxylic acids is 2. The van der Waals surface area contributed by atoms with Crippen LogP contribution >= 0.6 is 11.3 Å². The number of aryl methyl sites for hydroxylation is 4. The maximum atomic E-state index is 12.7. The van der Waals surface area contributed by atoms with Crippen LogP contribution in [0.3, 0.4) is 0 Å². The second-order valence-corrected chi connectivity index (χ2v) is 17.1. The van der Waals surface area contributed by atoms with Gasteiger partial charge < -0.3 is 14.9 Å². The first-order valence-electron chi connectivity index (χ1n) is 17.2. The Hall–Kier alpha value is -6.17. The van der Waals surface area contributed by atoms with Gasteiger partial charge in [0, 0.05) is 11.4 Å². The van der Waals surface area contributed by atoms with Gasteiger partial charge in [-0.3, -0.25) is 9.44 Å². The molecule has 0 amide bonds. The predicted octanol–water partition coefficient (Wildman–Crippen LogP) is 8.90. The Morgan fingerprint density at radius 3 is 1.48 bits per heavy atom. The lowest BCUT2D eigenvalue weighted by Crippen LogP contribution is -2.20. The number of nitrogens with one attached hydrogen (secondary N) is 2. The van der Waals surface area contributed by atoms with Crippen molar-refractivity contribution in [3.05, 3.63) is 172 Å². The van der Waals surface area contributed by atoms with Crippen LogP contribution in [0.4, 0.5) is 24.5 Å². The van der Waals surface area contributed by atoms with E-state index in [2.05, 4.69) is 14.2 Å². The van der Waals surface area contributed by atoms with Gasteiger partial charge in [-0.1, -0.05) is 66.7 Å². The largest absolute Gasteiger partial charge is 0.573 e. The van der Waals surface area contributed by atoms with Crippen LogP contribution in [0.25, 0.3) is 0 Å². The molecule has 6 rings (SSSR count). The lowest BCUT2D eigenvalue weighted by molar-refractivity contribution is -0.275. The Kier molecular flexibility index (Phi) is 14.0. The number of hydrogen-bond donors (Lipinski definition) is 4. The summed E-state index contributed by atoms with van der Waals surface area (Å²) < 4.78 is 96.8. The van der Waals surface area contributed by atoms with Crippen LogP contribution in [0, 0.1) is 0 Å². The molecule has 6 aromatic rings. The van der Waals surface area contributed by atoms with Crippen molar-refractivity contribution in [1.29, 1.82) is 0 Å². The summed E-state index contributed by atoms with van der Waals surface area (Å²) in [5, 5.41) is 19.6. The fourth-order valence-corrected chi connectivity index (χ4v) is 8.72. The zero-order valence-electron chi connectivity index (χ0n) is 30.2. The van der Waals surface area contributed by atoms with Crippen LogP contribution < -0.4 is 14.2 Å². The first-order valence-corrected chi connectivity index (χ1v) is 21.1. The molecular formula is C41H35F3N2O9S3. The Bertz CT molecular complexity index is 2560. The molecule has 0 aliphatic carbocycles. The molecule has 5 aromatic carbocycles. The number of thiophene rings is 1. The molecule has 17 heteroatoms. The number of ether oxygens (including phenoxy) is 1. The average molecular weight is 853 g/mol. The van der Waals surface area contributed by atoms with Gasteiger partial charge >= 0.3 is 18.3 Å². The van der Waals surface area contributed by atoms with Crippen LogP contribution in [0.5, 0.6) is 5.75 Å². The van der Waals surface area contributed by atoms with Gasteiger partial charge in [-0.05, 0) is 120 Å². The summed E-state index contributed by atoms with van der Waals surface area (Å²) in [6, 6.07) is 34.7. The second-order valence-electron chi connectivity index (χ2n) is 12.5. The summed E-state index contributed by atoms with van der Waals surface area (Å²) >= 11 is 1.17. The zero-order valence-corrected chi connectivity index (χ0v) is 32.7. The number of hydrogen-bond acceptors (Lipinski definition) is 8. The molecule has 11 nitrogen and oxygen atoms in total. The predicted molar refractivity (Wildman–Crippen MR) is 214 cm³/mol. The topological polar surface area (TPSA) is 176 Å². The molecule has 0 fully saturated rings.